The van der Waals surface area contributed by atoms with Crippen molar-refractivity contribution in [3.63, 3.8) is 0 Å². The van der Waals surface area contributed by atoms with E-state index in [0.717, 1.165) is 12.4 Å². The van der Waals surface area contributed by atoms with Crippen LogP contribution < -0.4 is 5.32 Å². The predicted molar refractivity (Wildman–Crippen MR) is 31.3 cm³/mol. The van der Waals surface area contributed by atoms with Gasteiger partial charge in [-0.1, -0.05) is 0 Å². The van der Waals surface area contributed by atoms with Crippen molar-refractivity contribution < 1.29 is 4.74 Å². The minimum absolute atomic E-state index is 0.403. The summed E-state index contributed by atoms with van der Waals surface area (Å²) < 4.78 is 5.01. The molecule has 1 aliphatic rings. The molecule has 0 aromatic rings. The maximum absolute atomic E-state index is 5.01. The predicted octanol–water partition coefficient (Wildman–Crippen LogP) is 0.253. The van der Waals surface area contributed by atoms with Gasteiger partial charge in [-0.15, -0.1) is 11.8 Å². The van der Waals surface area contributed by atoms with Gasteiger partial charge in [-0.2, -0.15) is 0 Å². The van der Waals surface area contributed by atoms with E-state index in [2.05, 4.69) is 5.32 Å². The van der Waals surface area contributed by atoms with Gasteiger partial charge in [-0.3, -0.25) is 0 Å². The fourth-order valence-electron chi connectivity index (χ4n) is 0.539. The second-order valence-corrected chi connectivity index (χ2v) is 2.58. The van der Waals surface area contributed by atoms with Gasteiger partial charge in [0.05, 0.1) is 0 Å². The lowest BCUT2D eigenvalue weighted by Crippen LogP contribution is -2.13. The highest BCUT2D eigenvalue weighted by Crippen LogP contribution is 2.13. The van der Waals surface area contributed by atoms with Gasteiger partial charge < -0.3 is 10.1 Å². The first-order valence-corrected chi connectivity index (χ1v) is 3.33. The highest BCUT2D eigenvalue weighted by Gasteiger charge is 2.11. The van der Waals surface area contributed by atoms with E-state index in [9.17, 15) is 0 Å². The third-order valence-corrected chi connectivity index (χ3v) is 2.05. The van der Waals surface area contributed by atoms with Crippen LogP contribution in [-0.2, 0) is 4.74 Å². The molecule has 42 valence electrons. The Labute approximate surface area is 47.6 Å². The molecule has 0 spiro atoms. The Balaban J connectivity index is 2.14. The van der Waals surface area contributed by atoms with Crippen molar-refractivity contribution in [2.75, 3.05) is 19.5 Å². The second kappa shape index (κ2) is 2.55. The van der Waals surface area contributed by atoms with E-state index in [0.29, 0.717) is 5.44 Å². The number of hydrogen-bond donors (Lipinski definition) is 1. The zero-order valence-electron chi connectivity index (χ0n) is 4.31. The average Bonchev–Trinajstić information content (AvgIpc) is 2.14. The Morgan fingerprint density at radius 1 is 1.86 bits per heavy atom. The lowest BCUT2D eigenvalue weighted by atomic mass is 10.7. The summed E-state index contributed by atoms with van der Waals surface area (Å²) in [7, 11) is 1.74. The van der Waals surface area contributed by atoms with E-state index in [1.165, 1.54) is 0 Å². The smallest absolute Gasteiger partial charge is 0.116 e. The van der Waals surface area contributed by atoms with Crippen molar-refractivity contribution >= 4 is 11.8 Å². The molecule has 0 radical (unpaired) electrons. The zero-order valence-corrected chi connectivity index (χ0v) is 5.12. The van der Waals surface area contributed by atoms with Crippen LogP contribution in [-0.4, -0.2) is 25.0 Å². The van der Waals surface area contributed by atoms with Gasteiger partial charge in [0.15, 0.2) is 0 Å². The molecule has 0 aliphatic carbocycles. The highest BCUT2D eigenvalue weighted by molar-refractivity contribution is 7.99. The van der Waals surface area contributed by atoms with Crippen LogP contribution in [0.3, 0.4) is 0 Å². The van der Waals surface area contributed by atoms with Gasteiger partial charge in [0.1, 0.15) is 5.44 Å². The molecule has 0 bridgehead atoms. The van der Waals surface area contributed by atoms with Gasteiger partial charge in [-0.25, -0.2) is 0 Å². The lowest BCUT2D eigenvalue weighted by molar-refractivity contribution is 0.179. The summed E-state index contributed by atoms with van der Waals surface area (Å²) in [6.07, 6.45) is 0. The topological polar surface area (TPSA) is 21.3 Å². The van der Waals surface area contributed by atoms with E-state index in [4.69, 9.17) is 4.74 Å². The number of nitrogens with one attached hydrogen (secondary N) is 1. The molecule has 0 aromatic heterocycles. The maximum Gasteiger partial charge on any atom is 0.116 e. The van der Waals surface area contributed by atoms with Gasteiger partial charge in [0.25, 0.3) is 0 Å². The molecular weight excluding hydrogens is 110 g/mol. The molecule has 3 heteroatoms. The second-order valence-electron chi connectivity index (χ2n) is 1.43. The molecule has 0 amide bonds. The minimum atomic E-state index is 0.403. The van der Waals surface area contributed by atoms with Gasteiger partial charge in [0.2, 0.25) is 0 Å². The van der Waals surface area contributed by atoms with E-state index in [1.54, 1.807) is 7.11 Å². The summed E-state index contributed by atoms with van der Waals surface area (Å²) in [5, 5.41) is 3.16. The normalized spacial score (nSPS) is 31.3. The maximum atomic E-state index is 5.01. The Hall–Kier alpha value is 0.270. The van der Waals surface area contributed by atoms with Gasteiger partial charge in [0, 0.05) is 19.5 Å². The monoisotopic (exact) mass is 119 g/mol. The molecule has 2 nitrogen and oxygen atoms in total. The van der Waals surface area contributed by atoms with Crippen LogP contribution >= 0.6 is 11.8 Å². The first-order chi connectivity index (χ1) is 3.43. The Morgan fingerprint density at radius 2 is 2.71 bits per heavy atom. The van der Waals surface area contributed by atoms with Crippen LogP contribution in [0.5, 0.6) is 0 Å². The number of rotatable bonds is 1. The summed E-state index contributed by atoms with van der Waals surface area (Å²) in [5.41, 5.74) is 0.403. The number of hydrogen-bond acceptors (Lipinski definition) is 3. The molecule has 1 atom stereocenters. The molecule has 1 unspecified atom stereocenters. The van der Waals surface area contributed by atoms with Crippen LogP contribution in [0.2, 0.25) is 0 Å². The minimum Gasteiger partial charge on any atom is -0.369 e. The Bertz CT molecular complexity index is 53.7. The molecule has 1 aliphatic heterocycles. The quantitative estimate of drug-likeness (QED) is 0.534. The first kappa shape index (κ1) is 5.41. The Kier molecular flexibility index (Phi) is 1.97. The highest BCUT2D eigenvalue weighted by atomic mass is 32.2. The fourth-order valence-corrected chi connectivity index (χ4v) is 1.33. The fraction of sp³-hybridized carbons (Fsp3) is 1.00. The third kappa shape index (κ3) is 1.33. The third-order valence-electron chi connectivity index (χ3n) is 0.945. The standard InChI is InChI=1S/C4H9NOS/c1-6-4-2-5-3-7-4/h4-5H,2-3H2,1H3. The van der Waals surface area contributed by atoms with Crippen LogP contribution in [0.1, 0.15) is 0 Å². The van der Waals surface area contributed by atoms with Crippen LogP contribution in [0, 0.1) is 0 Å². The number of ether oxygens (including phenoxy) is 1. The van der Waals surface area contributed by atoms with Crippen molar-refractivity contribution in [2.45, 2.75) is 5.44 Å². The van der Waals surface area contributed by atoms with Gasteiger partial charge >= 0.3 is 0 Å². The molecule has 1 saturated heterocycles. The van der Waals surface area contributed by atoms with E-state index in [-0.39, 0.29) is 0 Å². The largest absolute Gasteiger partial charge is 0.369 e. The summed E-state index contributed by atoms with van der Waals surface area (Å²) in [6.45, 7) is 1.00. The van der Waals surface area contributed by atoms with E-state index in [1.807, 2.05) is 11.8 Å². The molecule has 1 rings (SSSR count). The van der Waals surface area contributed by atoms with Gasteiger partial charge in [-0.05, 0) is 0 Å². The van der Waals surface area contributed by atoms with Crippen molar-refractivity contribution in [3.05, 3.63) is 0 Å². The summed E-state index contributed by atoms with van der Waals surface area (Å²) >= 11 is 1.81. The van der Waals surface area contributed by atoms with E-state index < -0.39 is 0 Å². The molecule has 0 saturated carbocycles. The molecule has 0 aromatic carbocycles. The molecule has 1 heterocycles. The summed E-state index contributed by atoms with van der Waals surface area (Å²) in [4.78, 5) is 0. The molecule has 1 fully saturated rings. The van der Waals surface area contributed by atoms with Crippen molar-refractivity contribution in [1.29, 1.82) is 0 Å². The summed E-state index contributed by atoms with van der Waals surface area (Å²) in [5.74, 6) is 1.04. The molecule has 1 N–H and O–H groups in total. The lowest BCUT2D eigenvalue weighted by Gasteiger charge is -2.00. The zero-order chi connectivity index (χ0) is 5.11. The first-order valence-electron chi connectivity index (χ1n) is 2.28. The van der Waals surface area contributed by atoms with Crippen molar-refractivity contribution in [2.24, 2.45) is 0 Å². The van der Waals surface area contributed by atoms with E-state index >= 15 is 0 Å². The molecular formula is C4H9NOS. The molecule has 7 heavy (non-hydrogen) atoms. The van der Waals surface area contributed by atoms with Crippen molar-refractivity contribution in [1.82, 2.24) is 5.32 Å². The summed E-state index contributed by atoms with van der Waals surface area (Å²) in [6, 6.07) is 0. The van der Waals surface area contributed by atoms with Crippen molar-refractivity contribution in [3.8, 4) is 0 Å². The van der Waals surface area contributed by atoms with Crippen LogP contribution in [0.25, 0.3) is 0 Å². The number of thioether (sulfide) groups is 1. The SMILES string of the molecule is COC1CNCS1. The Morgan fingerprint density at radius 3 is 3.00 bits per heavy atom. The average molecular weight is 119 g/mol. The number of methoxy groups -OCH3 is 1. The van der Waals surface area contributed by atoms with Crippen LogP contribution in [0.4, 0.5) is 0 Å². The van der Waals surface area contributed by atoms with Crippen LogP contribution in [0.15, 0.2) is 0 Å².